The second-order valence-corrected chi connectivity index (χ2v) is 5.04. The van der Waals surface area contributed by atoms with Crippen LogP contribution < -0.4 is 5.32 Å². The van der Waals surface area contributed by atoms with Crippen molar-refractivity contribution in [3.63, 3.8) is 0 Å². The molecule has 0 amide bonds. The van der Waals surface area contributed by atoms with Crippen LogP contribution in [0, 0.1) is 6.92 Å². The van der Waals surface area contributed by atoms with E-state index < -0.39 is 0 Å². The predicted molar refractivity (Wildman–Crippen MR) is 70.2 cm³/mol. The summed E-state index contributed by atoms with van der Waals surface area (Å²) in [6, 6.07) is 2.41. The van der Waals surface area contributed by atoms with E-state index in [4.69, 9.17) is 9.15 Å². The average Bonchev–Trinajstić information content (AvgIpc) is 2.71. The summed E-state index contributed by atoms with van der Waals surface area (Å²) in [5, 5.41) is 3.51. The first-order chi connectivity index (χ1) is 8.00. The lowest BCUT2D eigenvalue weighted by Gasteiger charge is -2.26. The van der Waals surface area contributed by atoms with Gasteiger partial charge >= 0.3 is 0 Å². The van der Waals surface area contributed by atoms with Crippen molar-refractivity contribution in [1.29, 1.82) is 0 Å². The Labute approximate surface area is 105 Å². The second kappa shape index (κ2) is 6.22. The zero-order valence-electron chi connectivity index (χ0n) is 11.7. The zero-order valence-corrected chi connectivity index (χ0v) is 11.7. The molecule has 3 nitrogen and oxygen atoms in total. The van der Waals surface area contributed by atoms with Gasteiger partial charge in [-0.15, -0.1) is 0 Å². The van der Waals surface area contributed by atoms with Crippen LogP contribution in [0.15, 0.2) is 16.7 Å². The number of ether oxygens (including phenoxy) is 1. The molecular weight excluding hydrogens is 214 g/mol. The van der Waals surface area contributed by atoms with E-state index in [0.717, 1.165) is 25.1 Å². The number of furan rings is 1. The topological polar surface area (TPSA) is 34.4 Å². The summed E-state index contributed by atoms with van der Waals surface area (Å²) in [5.41, 5.74) is 1.20. The van der Waals surface area contributed by atoms with Crippen LogP contribution in [0.3, 0.4) is 0 Å². The van der Waals surface area contributed by atoms with Gasteiger partial charge in [0.15, 0.2) is 0 Å². The number of aryl methyl sites for hydroxylation is 1. The van der Waals surface area contributed by atoms with Crippen LogP contribution in [0.1, 0.15) is 51.0 Å². The first-order valence-corrected chi connectivity index (χ1v) is 6.32. The second-order valence-electron chi connectivity index (χ2n) is 5.04. The Hall–Kier alpha value is -0.800. The number of hydrogen-bond acceptors (Lipinski definition) is 3. The van der Waals surface area contributed by atoms with E-state index >= 15 is 0 Å². The molecule has 1 aromatic heterocycles. The van der Waals surface area contributed by atoms with Gasteiger partial charge in [0.05, 0.1) is 11.9 Å². The minimum atomic E-state index is -0.0642. The smallest absolute Gasteiger partial charge is 0.105 e. The van der Waals surface area contributed by atoms with E-state index in [9.17, 15) is 0 Å². The van der Waals surface area contributed by atoms with Crippen molar-refractivity contribution in [2.45, 2.75) is 52.2 Å². The molecule has 0 saturated heterocycles. The van der Waals surface area contributed by atoms with Crippen molar-refractivity contribution in [2.75, 3.05) is 13.7 Å². The van der Waals surface area contributed by atoms with E-state index in [1.54, 1.807) is 13.4 Å². The number of rotatable bonds is 7. The molecule has 98 valence electrons. The van der Waals surface area contributed by atoms with Crippen molar-refractivity contribution >= 4 is 0 Å². The van der Waals surface area contributed by atoms with Gasteiger partial charge in [0.25, 0.3) is 0 Å². The molecule has 1 rings (SSSR count). The lowest BCUT2D eigenvalue weighted by molar-refractivity contribution is 0.0117. The third-order valence-electron chi connectivity index (χ3n) is 3.31. The molecule has 17 heavy (non-hydrogen) atoms. The third kappa shape index (κ3) is 4.17. The zero-order chi connectivity index (χ0) is 12.9. The Morgan fingerprint density at radius 2 is 2.18 bits per heavy atom. The molecule has 0 aromatic carbocycles. The maximum absolute atomic E-state index is 5.46. The molecule has 1 atom stereocenters. The Kier molecular flexibility index (Phi) is 5.22. The maximum atomic E-state index is 5.46. The summed E-state index contributed by atoms with van der Waals surface area (Å²) >= 11 is 0. The fraction of sp³-hybridized carbons (Fsp3) is 0.714. The number of methoxy groups -OCH3 is 1. The Morgan fingerprint density at radius 1 is 1.47 bits per heavy atom. The monoisotopic (exact) mass is 239 g/mol. The Bertz CT molecular complexity index is 331. The van der Waals surface area contributed by atoms with Crippen LogP contribution >= 0.6 is 0 Å². The van der Waals surface area contributed by atoms with Crippen LogP contribution in [0.25, 0.3) is 0 Å². The summed E-state index contributed by atoms with van der Waals surface area (Å²) in [4.78, 5) is 0. The molecule has 0 fully saturated rings. The first kappa shape index (κ1) is 14.3. The van der Waals surface area contributed by atoms with E-state index in [0.29, 0.717) is 6.04 Å². The maximum Gasteiger partial charge on any atom is 0.105 e. The van der Waals surface area contributed by atoms with Crippen LogP contribution in [-0.4, -0.2) is 19.3 Å². The molecule has 0 aliphatic rings. The normalized spacial score (nSPS) is 13.9. The molecule has 0 aliphatic heterocycles. The van der Waals surface area contributed by atoms with Crippen molar-refractivity contribution in [2.24, 2.45) is 0 Å². The fourth-order valence-corrected chi connectivity index (χ4v) is 1.96. The standard InChI is InChI=1S/C14H25NO2/c1-6-15-13(7-9-14(3,4)16-5)12-8-10-17-11(12)2/h8,10,13,15H,6-7,9H2,1-5H3. The SMILES string of the molecule is CCNC(CCC(C)(C)OC)c1ccoc1C. The Balaban J connectivity index is 2.65. The van der Waals surface area contributed by atoms with E-state index in [1.165, 1.54) is 5.56 Å². The summed E-state index contributed by atoms with van der Waals surface area (Å²) in [5.74, 6) is 1.01. The molecule has 0 spiro atoms. The van der Waals surface area contributed by atoms with Gasteiger partial charge < -0.3 is 14.5 Å². The molecule has 0 aliphatic carbocycles. The van der Waals surface area contributed by atoms with E-state index in [-0.39, 0.29) is 5.60 Å². The van der Waals surface area contributed by atoms with Crippen molar-refractivity contribution in [3.8, 4) is 0 Å². The summed E-state index contributed by atoms with van der Waals surface area (Å²) < 4.78 is 10.8. The van der Waals surface area contributed by atoms with Crippen LogP contribution in [0.4, 0.5) is 0 Å². The average molecular weight is 239 g/mol. The highest BCUT2D eigenvalue weighted by molar-refractivity contribution is 5.20. The largest absolute Gasteiger partial charge is 0.469 e. The van der Waals surface area contributed by atoms with E-state index in [2.05, 4.69) is 32.2 Å². The first-order valence-electron chi connectivity index (χ1n) is 6.32. The highest BCUT2D eigenvalue weighted by atomic mass is 16.5. The molecule has 0 saturated carbocycles. The van der Waals surface area contributed by atoms with Crippen molar-refractivity contribution in [1.82, 2.24) is 5.32 Å². The van der Waals surface area contributed by atoms with Crippen molar-refractivity contribution in [3.05, 3.63) is 23.7 Å². The lowest BCUT2D eigenvalue weighted by Crippen LogP contribution is -2.27. The van der Waals surface area contributed by atoms with Gasteiger partial charge in [-0.2, -0.15) is 0 Å². The molecule has 0 bridgehead atoms. The fourth-order valence-electron chi connectivity index (χ4n) is 1.96. The highest BCUT2D eigenvalue weighted by Gasteiger charge is 2.21. The molecular formula is C14H25NO2. The van der Waals surface area contributed by atoms with Crippen LogP contribution in [-0.2, 0) is 4.74 Å². The van der Waals surface area contributed by atoms with Gasteiger partial charge in [0, 0.05) is 18.7 Å². The molecule has 3 heteroatoms. The van der Waals surface area contributed by atoms with Gasteiger partial charge in [-0.25, -0.2) is 0 Å². The quantitative estimate of drug-likeness (QED) is 0.791. The van der Waals surface area contributed by atoms with Gasteiger partial charge in [-0.05, 0) is 46.2 Å². The minimum absolute atomic E-state index is 0.0642. The summed E-state index contributed by atoms with van der Waals surface area (Å²) in [6.45, 7) is 9.35. The molecule has 1 unspecified atom stereocenters. The van der Waals surface area contributed by atoms with Crippen LogP contribution in [0.5, 0.6) is 0 Å². The molecule has 1 heterocycles. The van der Waals surface area contributed by atoms with Crippen molar-refractivity contribution < 1.29 is 9.15 Å². The predicted octanol–water partition coefficient (Wildman–Crippen LogP) is 3.44. The molecule has 0 radical (unpaired) electrons. The summed E-state index contributed by atoms with van der Waals surface area (Å²) in [7, 11) is 1.77. The minimum Gasteiger partial charge on any atom is -0.469 e. The van der Waals surface area contributed by atoms with Gasteiger partial charge in [-0.3, -0.25) is 0 Å². The molecule has 1 aromatic rings. The summed E-state index contributed by atoms with van der Waals surface area (Å²) in [6.07, 6.45) is 3.83. The number of nitrogens with one attached hydrogen (secondary N) is 1. The van der Waals surface area contributed by atoms with Crippen LogP contribution in [0.2, 0.25) is 0 Å². The third-order valence-corrected chi connectivity index (χ3v) is 3.31. The molecule has 1 N–H and O–H groups in total. The van der Waals surface area contributed by atoms with E-state index in [1.807, 2.05) is 6.92 Å². The highest BCUT2D eigenvalue weighted by Crippen LogP contribution is 2.26. The number of hydrogen-bond donors (Lipinski definition) is 1. The van der Waals surface area contributed by atoms with Gasteiger partial charge in [-0.1, -0.05) is 6.92 Å². The van der Waals surface area contributed by atoms with Gasteiger partial charge in [0.1, 0.15) is 5.76 Å². The van der Waals surface area contributed by atoms with Gasteiger partial charge in [0.2, 0.25) is 0 Å². The Morgan fingerprint density at radius 3 is 2.65 bits per heavy atom. The lowest BCUT2D eigenvalue weighted by atomic mass is 9.95.